The van der Waals surface area contributed by atoms with Gasteiger partial charge >= 0.3 is 0 Å². The zero-order valence-corrected chi connectivity index (χ0v) is 9.74. The summed E-state index contributed by atoms with van der Waals surface area (Å²) in [5.41, 5.74) is 0. The smallest absolute Gasteiger partial charge is 0.187 e. The van der Waals surface area contributed by atoms with Gasteiger partial charge in [-0.1, -0.05) is 13.0 Å². The molecule has 0 amide bonds. The first-order valence-electron chi connectivity index (χ1n) is 4.47. The van der Waals surface area contributed by atoms with Crippen LogP contribution in [0.3, 0.4) is 0 Å². The minimum atomic E-state index is -3.33. The highest BCUT2D eigenvalue weighted by molar-refractivity contribution is 7.95. The van der Waals surface area contributed by atoms with Crippen LogP contribution in [0.4, 0.5) is 0 Å². The fourth-order valence-corrected chi connectivity index (χ4v) is 1.88. The minimum absolute atomic E-state index is 0.0259. The van der Waals surface area contributed by atoms with E-state index in [1.807, 2.05) is 0 Å². The van der Waals surface area contributed by atoms with Gasteiger partial charge in [0.1, 0.15) is 11.0 Å². The monoisotopic (exact) mass is 235 g/mol. The Morgan fingerprint density at radius 1 is 1.50 bits per heavy atom. The Bertz CT molecular complexity index is 327. The number of nitrogens with zero attached hydrogens (tertiary/aromatic N) is 1. The molecular weight excluding hydrogens is 222 g/mol. The highest BCUT2D eigenvalue weighted by Crippen LogP contribution is 2.09. The number of unbranched alkanes of at least 4 members (excludes halogenated alkanes) is 2. The summed E-state index contributed by atoms with van der Waals surface area (Å²) in [5.74, 6) is 0.540. The molecule has 80 valence electrons. The molecule has 14 heavy (non-hydrogen) atoms. The standard InChI is InChI=1S/C9H14ClNO2S/c1-2-14(12,13)9(8-11)6-4-3-5-7-10/h6H,2-5,7H2,1H3. The quantitative estimate of drug-likeness (QED) is 0.403. The van der Waals surface area contributed by atoms with Gasteiger partial charge in [-0.05, 0) is 19.3 Å². The van der Waals surface area contributed by atoms with E-state index in [0.29, 0.717) is 12.3 Å². The third-order valence-electron chi connectivity index (χ3n) is 1.74. The van der Waals surface area contributed by atoms with Crippen molar-refractivity contribution < 1.29 is 8.42 Å². The largest absolute Gasteiger partial charge is 0.223 e. The molecular formula is C9H14ClNO2S. The summed E-state index contributed by atoms with van der Waals surface area (Å²) >= 11 is 5.46. The van der Waals surface area contributed by atoms with Crippen LogP contribution >= 0.6 is 11.6 Å². The van der Waals surface area contributed by atoms with Gasteiger partial charge in [-0.15, -0.1) is 11.6 Å². The number of hydrogen-bond acceptors (Lipinski definition) is 3. The number of alkyl halides is 1. The van der Waals surface area contributed by atoms with Crippen LogP contribution in [-0.4, -0.2) is 20.1 Å². The summed E-state index contributed by atoms with van der Waals surface area (Å²) < 4.78 is 22.6. The summed E-state index contributed by atoms with van der Waals surface area (Å²) in [5, 5.41) is 8.63. The molecule has 0 fully saturated rings. The summed E-state index contributed by atoms with van der Waals surface area (Å²) in [4.78, 5) is -0.116. The molecule has 5 heteroatoms. The molecule has 0 heterocycles. The van der Waals surface area contributed by atoms with E-state index in [2.05, 4.69) is 0 Å². The summed E-state index contributed by atoms with van der Waals surface area (Å²) in [6.45, 7) is 1.53. The Balaban J connectivity index is 4.37. The predicted molar refractivity (Wildman–Crippen MR) is 57.7 cm³/mol. The molecule has 0 aromatic carbocycles. The fraction of sp³-hybridized carbons (Fsp3) is 0.667. The van der Waals surface area contributed by atoms with Gasteiger partial charge in [0.15, 0.2) is 9.84 Å². The highest BCUT2D eigenvalue weighted by atomic mass is 35.5. The van der Waals surface area contributed by atoms with E-state index in [4.69, 9.17) is 16.9 Å². The van der Waals surface area contributed by atoms with Crippen molar-refractivity contribution in [2.75, 3.05) is 11.6 Å². The van der Waals surface area contributed by atoms with Gasteiger partial charge in [-0.3, -0.25) is 0 Å². The van der Waals surface area contributed by atoms with Gasteiger partial charge in [0.2, 0.25) is 0 Å². The maximum atomic E-state index is 11.3. The first-order chi connectivity index (χ1) is 6.58. The van der Waals surface area contributed by atoms with Gasteiger partial charge < -0.3 is 0 Å². The van der Waals surface area contributed by atoms with Gasteiger partial charge in [0, 0.05) is 5.88 Å². The second-order valence-electron chi connectivity index (χ2n) is 2.77. The normalized spacial score (nSPS) is 12.5. The van der Waals surface area contributed by atoms with Crippen molar-refractivity contribution in [1.29, 1.82) is 5.26 Å². The third-order valence-corrected chi connectivity index (χ3v) is 3.70. The molecule has 0 bridgehead atoms. The van der Waals surface area contributed by atoms with Crippen LogP contribution in [0.1, 0.15) is 26.2 Å². The molecule has 0 aliphatic heterocycles. The Labute approximate surface area is 90.3 Å². The zero-order valence-electron chi connectivity index (χ0n) is 8.16. The Hall–Kier alpha value is -0.530. The maximum Gasteiger partial charge on any atom is 0.187 e. The molecule has 0 saturated heterocycles. The van der Waals surface area contributed by atoms with Crippen molar-refractivity contribution >= 4 is 21.4 Å². The molecule has 0 radical (unpaired) electrons. The molecule has 0 aromatic heterocycles. The fourth-order valence-electron chi connectivity index (χ4n) is 0.870. The maximum absolute atomic E-state index is 11.3. The van der Waals surface area contributed by atoms with E-state index in [1.165, 1.54) is 13.0 Å². The first kappa shape index (κ1) is 13.5. The van der Waals surface area contributed by atoms with Gasteiger partial charge in [0.05, 0.1) is 5.75 Å². The van der Waals surface area contributed by atoms with Crippen LogP contribution in [0.2, 0.25) is 0 Å². The van der Waals surface area contributed by atoms with Crippen molar-refractivity contribution in [2.45, 2.75) is 26.2 Å². The molecule has 0 saturated carbocycles. The Morgan fingerprint density at radius 2 is 2.14 bits per heavy atom. The molecule has 0 spiro atoms. The number of allylic oxidation sites excluding steroid dienone is 2. The van der Waals surface area contributed by atoms with E-state index >= 15 is 0 Å². The molecule has 0 N–H and O–H groups in total. The molecule has 3 nitrogen and oxygen atoms in total. The topological polar surface area (TPSA) is 57.9 Å². The molecule has 0 aliphatic carbocycles. The average Bonchev–Trinajstić information content (AvgIpc) is 2.17. The molecule has 0 rings (SSSR count). The molecule has 0 aromatic rings. The van der Waals surface area contributed by atoms with E-state index in [0.717, 1.165) is 12.8 Å². The average molecular weight is 236 g/mol. The number of sulfone groups is 1. The number of rotatable bonds is 6. The lowest BCUT2D eigenvalue weighted by Gasteiger charge is -1.97. The number of halogens is 1. The lowest BCUT2D eigenvalue weighted by Crippen LogP contribution is -2.05. The van der Waals surface area contributed by atoms with E-state index in [1.54, 1.807) is 6.07 Å². The van der Waals surface area contributed by atoms with Crippen molar-refractivity contribution in [3.8, 4) is 6.07 Å². The lowest BCUT2D eigenvalue weighted by molar-refractivity contribution is 0.604. The van der Waals surface area contributed by atoms with E-state index in [9.17, 15) is 8.42 Å². The van der Waals surface area contributed by atoms with Crippen LogP contribution in [0, 0.1) is 11.3 Å². The lowest BCUT2D eigenvalue weighted by atomic mass is 10.2. The van der Waals surface area contributed by atoms with Crippen molar-refractivity contribution in [1.82, 2.24) is 0 Å². The second-order valence-corrected chi connectivity index (χ2v) is 5.39. The van der Waals surface area contributed by atoms with Gasteiger partial charge in [0.25, 0.3) is 0 Å². The Kier molecular flexibility index (Phi) is 6.60. The molecule has 0 aliphatic rings. The van der Waals surface area contributed by atoms with Crippen LogP contribution in [0.25, 0.3) is 0 Å². The van der Waals surface area contributed by atoms with Crippen molar-refractivity contribution in [2.24, 2.45) is 0 Å². The van der Waals surface area contributed by atoms with Crippen LogP contribution < -0.4 is 0 Å². The van der Waals surface area contributed by atoms with Crippen molar-refractivity contribution in [3.05, 3.63) is 11.0 Å². The van der Waals surface area contributed by atoms with E-state index in [-0.39, 0.29) is 10.7 Å². The third kappa shape index (κ3) is 4.64. The Morgan fingerprint density at radius 3 is 2.57 bits per heavy atom. The van der Waals surface area contributed by atoms with Gasteiger partial charge in [-0.2, -0.15) is 5.26 Å². The molecule has 0 atom stereocenters. The van der Waals surface area contributed by atoms with Crippen molar-refractivity contribution in [3.63, 3.8) is 0 Å². The summed E-state index contributed by atoms with van der Waals surface area (Å²) in [6, 6.07) is 1.71. The van der Waals surface area contributed by atoms with E-state index < -0.39 is 9.84 Å². The highest BCUT2D eigenvalue weighted by Gasteiger charge is 2.13. The minimum Gasteiger partial charge on any atom is -0.223 e. The SMILES string of the molecule is CCS(=O)(=O)C(C#N)=CCCCCCl. The first-order valence-corrected chi connectivity index (χ1v) is 6.66. The number of hydrogen-bond donors (Lipinski definition) is 0. The van der Waals surface area contributed by atoms with Crippen LogP contribution in [-0.2, 0) is 9.84 Å². The van der Waals surface area contributed by atoms with Crippen LogP contribution in [0.5, 0.6) is 0 Å². The van der Waals surface area contributed by atoms with Gasteiger partial charge in [-0.25, -0.2) is 8.42 Å². The number of nitriles is 1. The summed E-state index contributed by atoms with van der Waals surface area (Å²) in [6.07, 6.45) is 3.72. The summed E-state index contributed by atoms with van der Waals surface area (Å²) in [7, 11) is -3.33. The zero-order chi connectivity index (χ0) is 11.0. The second kappa shape index (κ2) is 6.86. The molecule has 0 unspecified atom stereocenters. The van der Waals surface area contributed by atoms with Crippen LogP contribution in [0.15, 0.2) is 11.0 Å². The predicted octanol–water partition coefficient (Wildman–Crippen LogP) is 2.24.